The molecule has 6 heteroatoms. The van der Waals surface area contributed by atoms with Crippen LogP contribution >= 0.6 is 0 Å². The molecular formula is C16H16N2O4. The number of amides is 2. The summed E-state index contributed by atoms with van der Waals surface area (Å²) >= 11 is 0. The van der Waals surface area contributed by atoms with Crippen molar-refractivity contribution in [3.8, 4) is 0 Å². The van der Waals surface area contributed by atoms with Gasteiger partial charge in [0.1, 0.15) is 0 Å². The molecule has 2 aliphatic rings. The van der Waals surface area contributed by atoms with Crippen LogP contribution < -0.4 is 11.1 Å². The first-order valence-electron chi connectivity index (χ1n) is 7.09. The number of rotatable bonds is 4. The molecular weight excluding hydrogens is 284 g/mol. The van der Waals surface area contributed by atoms with Crippen molar-refractivity contribution in [3.05, 3.63) is 42.0 Å². The van der Waals surface area contributed by atoms with Gasteiger partial charge in [-0.3, -0.25) is 14.4 Å². The largest absolute Gasteiger partial charge is 0.481 e. The molecule has 1 fully saturated rings. The van der Waals surface area contributed by atoms with Crippen molar-refractivity contribution in [1.82, 2.24) is 0 Å². The van der Waals surface area contributed by atoms with Crippen molar-refractivity contribution >= 4 is 23.5 Å². The summed E-state index contributed by atoms with van der Waals surface area (Å²) in [5.41, 5.74) is 5.94. The Hall–Kier alpha value is -2.63. The van der Waals surface area contributed by atoms with Crippen molar-refractivity contribution in [2.45, 2.75) is 6.42 Å². The topological polar surface area (TPSA) is 109 Å². The molecule has 6 nitrogen and oxygen atoms in total. The first kappa shape index (κ1) is 14.3. The highest BCUT2D eigenvalue weighted by Gasteiger charge is 2.51. The molecule has 3 rings (SSSR count). The van der Waals surface area contributed by atoms with Gasteiger partial charge in [0.15, 0.2) is 0 Å². The molecule has 0 heterocycles. The fourth-order valence-corrected chi connectivity index (χ4v) is 3.49. The molecule has 2 amide bonds. The lowest BCUT2D eigenvalue weighted by Crippen LogP contribution is -2.36. The molecule has 1 aromatic carbocycles. The van der Waals surface area contributed by atoms with Gasteiger partial charge >= 0.3 is 5.97 Å². The van der Waals surface area contributed by atoms with E-state index in [-0.39, 0.29) is 17.7 Å². The van der Waals surface area contributed by atoms with E-state index in [1.165, 1.54) is 6.07 Å². The van der Waals surface area contributed by atoms with Crippen LogP contribution in [0.4, 0.5) is 5.69 Å². The van der Waals surface area contributed by atoms with Crippen LogP contribution in [0.25, 0.3) is 0 Å². The maximum Gasteiger partial charge on any atom is 0.307 e. The van der Waals surface area contributed by atoms with E-state index in [1.54, 1.807) is 18.2 Å². The van der Waals surface area contributed by atoms with E-state index in [4.69, 9.17) is 5.73 Å². The summed E-state index contributed by atoms with van der Waals surface area (Å²) in [5.74, 6) is -3.23. The first-order chi connectivity index (χ1) is 10.5. The Bertz CT molecular complexity index is 682. The lowest BCUT2D eigenvalue weighted by atomic mass is 9.82. The normalized spacial score (nSPS) is 28.5. The lowest BCUT2D eigenvalue weighted by Gasteiger charge is -2.23. The summed E-state index contributed by atoms with van der Waals surface area (Å²) in [5, 5.41) is 12.1. The van der Waals surface area contributed by atoms with Crippen LogP contribution in [0, 0.1) is 23.7 Å². The molecule has 0 aromatic heterocycles. The third kappa shape index (κ3) is 2.36. The van der Waals surface area contributed by atoms with Gasteiger partial charge in [0.2, 0.25) is 11.8 Å². The minimum Gasteiger partial charge on any atom is -0.481 e. The van der Waals surface area contributed by atoms with Gasteiger partial charge < -0.3 is 16.2 Å². The zero-order chi connectivity index (χ0) is 15.9. The van der Waals surface area contributed by atoms with Crippen molar-refractivity contribution in [2.24, 2.45) is 29.4 Å². The van der Waals surface area contributed by atoms with E-state index in [0.29, 0.717) is 17.7 Å². The zero-order valence-electron chi connectivity index (χ0n) is 11.7. The number of hydrogen-bond acceptors (Lipinski definition) is 3. The summed E-state index contributed by atoms with van der Waals surface area (Å²) in [6, 6.07) is 6.30. The number of carbonyl (C=O) groups is 3. The van der Waals surface area contributed by atoms with Crippen LogP contribution in [0.2, 0.25) is 0 Å². The summed E-state index contributed by atoms with van der Waals surface area (Å²) in [4.78, 5) is 35.1. The molecule has 2 aliphatic carbocycles. The Kier molecular flexibility index (Phi) is 3.44. The maximum atomic E-state index is 12.5. The van der Waals surface area contributed by atoms with E-state index < -0.39 is 23.7 Å². The van der Waals surface area contributed by atoms with Gasteiger partial charge in [0.25, 0.3) is 0 Å². The summed E-state index contributed by atoms with van der Waals surface area (Å²) in [7, 11) is 0. The fraction of sp³-hybridized carbons (Fsp3) is 0.312. The Morgan fingerprint density at radius 3 is 2.45 bits per heavy atom. The minimum atomic E-state index is -0.942. The Labute approximate surface area is 127 Å². The second-order valence-corrected chi connectivity index (χ2v) is 5.77. The number of nitrogens with two attached hydrogens (primary N) is 1. The van der Waals surface area contributed by atoms with Crippen molar-refractivity contribution < 1.29 is 19.5 Å². The van der Waals surface area contributed by atoms with Crippen LogP contribution in [-0.4, -0.2) is 22.9 Å². The van der Waals surface area contributed by atoms with E-state index in [2.05, 4.69) is 5.32 Å². The number of aliphatic carboxylic acids is 1. The third-order valence-corrected chi connectivity index (χ3v) is 4.46. The number of fused-ring (bicyclic) bond motifs is 2. The molecule has 4 unspecified atom stereocenters. The van der Waals surface area contributed by atoms with Gasteiger partial charge in [-0.05, 0) is 36.5 Å². The number of anilines is 1. The molecule has 4 atom stereocenters. The number of nitrogens with one attached hydrogen (secondary N) is 1. The lowest BCUT2D eigenvalue weighted by molar-refractivity contribution is -0.146. The number of carbonyl (C=O) groups excluding carboxylic acids is 2. The Morgan fingerprint density at radius 2 is 1.82 bits per heavy atom. The second kappa shape index (κ2) is 5.29. The molecule has 114 valence electrons. The highest BCUT2D eigenvalue weighted by molar-refractivity contribution is 5.98. The van der Waals surface area contributed by atoms with Crippen molar-refractivity contribution in [3.63, 3.8) is 0 Å². The highest BCUT2D eigenvalue weighted by Crippen LogP contribution is 2.48. The van der Waals surface area contributed by atoms with Gasteiger partial charge in [-0.1, -0.05) is 18.2 Å². The Balaban J connectivity index is 1.80. The third-order valence-electron chi connectivity index (χ3n) is 4.46. The van der Waals surface area contributed by atoms with Crippen molar-refractivity contribution in [2.75, 3.05) is 5.32 Å². The summed E-state index contributed by atoms with van der Waals surface area (Å²) in [6.45, 7) is 0. The van der Waals surface area contributed by atoms with E-state index in [0.717, 1.165) is 0 Å². The fourth-order valence-electron chi connectivity index (χ4n) is 3.49. The molecule has 22 heavy (non-hydrogen) atoms. The number of allylic oxidation sites excluding steroid dienone is 2. The quantitative estimate of drug-likeness (QED) is 0.727. The molecule has 1 aromatic rings. The molecule has 4 N–H and O–H groups in total. The number of hydrogen-bond donors (Lipinski definition) is 3. The molecule has 0 aliphatic heterocycles. The van der Waals surface area contributed by atoms with Gasteiger partial charge in [-0.15, -0.1) is 0 Å². The van der Waals surface area contributed by atoms with E-state index in [9.17, 15) is 19.5 Å². The predicted molar refractivity (Wildman–Crippen MR) is 78.9 cm³/mol. The van der Waals surface area contributed by atoms with Crippen LogP contribution in [0.15, 0.2) is 36.4 Å². The SMILES string of the molecule is NC(=O)c1cccc(NC(=O)C2C3C=CC(C3)C2C(=O)O)c1. The molecule has 0 saturated heterocycles. The van der Waals surface area contributed by atoms with E-state index in [1.807, 2.05) is 12.2 Å². The summed E-state index contributed by atoms with van der Waals surface area (Å²) < 4.78 is 0. The molecule has 1 saturated carbocycles. The predicted octanol–water partition coefficient (Wildman–Crippen LogP) is 1.25. The molecule has 0 spiro atoms. The van der Waals surface area contributed by atoms with E-state index >= 15 is 0 Å². The summed E-state index contributed by atoms with van der Waals surface area (Å²) in [6.07, 6.45) is 4.52. The minimum absolute atomic E-state index is 0.0366. The average molecular weight is 300 g/mol. The number of carboxylic acid groups (broad SMARTS) is 1. The van der Waals surface area contributed by atoms with Gasteiger partial charge in [-0.2, -0.15) is 0 Å². The Morgan fingerprint density at radius 1 is 1.14 bits per heavy atom. The van der Waals surface area contributed by atoms with Crippen molar-refractivity contribution in [1.29, 1.82) is 0 Å². The van der Waals surface area contributed by atoms with Crippen LogP contribution in [0.3, 0.4) is 0 Å². The van der Waals surface area contributed by atoms with Crippen LogP contribution in [-0.2, 0) is 9.59 Å². The number of carboxylic acids is 1. The number of primary amides is 1. The monoisotopic (exact) mass is 300 g/mol. The first-order valence-corrected chi connectivity index (χ1v) is 7.09. The van der Waals surface area contributed by atoms with Crippen LogP contribution in [0.1, 0.15) is 16.8 Å². The van der Waals surface area contributed by atoms with Gasteiger partial charge in [0.05, 0.1) is 11.8 Å². The smallest absolute Gasteiger partial charge is 0.307 e. The van der Waals surface area contributed by atoms with Gasteiger partial charge in [0, 0.05) is 11.3 Å². The van der Waals surface area contributed by atoms with Gasteiger partial charge in [-0.25, -0.2) is 0 Å². The highest BCUT2D eigenvalue weighted by atomic mass is 16.4. The zero-order valence-corrected chi connectivity index (χ0v) is 11.7. The number of benzene rings is 1. The molecule has 2 bridgehead atoms. The standard InChI is InChI=1S/C16H16N2O4/c17-14(19)10-2-1-3-11(7-10)18-15(20)12-8-4-5-9(6-8)13(12)16(21)22/h1-5,7-9,12-13H,6H2,(H2,17,19)(H,18,20)(H,21,22). The molecule has 0 radical (unpaired) electrons. The van der Waals surface area contributed by atoms with Crippen LogP contribution in [0.5, 0.6) is 0 Å². The second-order valence-electron chi connectivity index (χ2n) is 5.77. The maximum absolute atomic E-state index is 12.5. The average Bonchev–Trinajstić information content (AvgIpc) is 3.07.